The number of halogens is 1. The van der Waals surface area contributed by atoms with Crippen molar-refractivity contribution in [3.05, 3.63) is 108 Å². The van der Waals surface area contributed by atoms with Crippen molar-refractivity contribution in [2.24, 2.45) is 0 Å². The van der Waals surface area contributed by atoms with E-state index in [1.165, 1.54) is 18.2 Å². The lowest BCUT2D eigenvalue weighted by Gasteiger charge is -2.17. The van der Waals surface area contributed by atoms with Crippen molar-refractivity contribution in [3.63, 3.8) is 0 Å². The zero-order valence-electron chi connectivity index (χ0n) is 22.9. The maximum absolute atomic E-state index is 14.0. The number of aliphatic carboxylic acids is 1. The van der Waals surface area contributed by atoms with Crippen LogP contribution in [0.15, 0.2) is 91.0 Å². The van der Waals surface area contributed by atoms with Crippen LogP contribution < -0.4 is 5.32 Å². The van der Waals surface area contributed by atoms with Crippen molar-refractivity contribution >= 4 is 23.6 Å². The predicted molar refractivity (Wildman–Crippen MR) is 158 cm³/mol. The van der Waals surface area contributed by atoms with Gasteiger partial charge >= 0.3 is 5.97 Å². The summed E-state index contributed by atoms with van der Waals surface area (Å²) in [4.78, 5) is 25.0. The van der Waals surface area contributed by atoms with Crippen LogP contribution in [0.4, 0.5) is 10.1 Å². The van der Waals surface area contributed by atoms with E-state index >= 15 is 0 Å². The Morgan fingerprint density at radius 1 is 0.878 bits per heavy atom. The van der Waals surface area contributed by atoms with Crippen LogP contribution in [0, 0.1) is 5.82 Å². The number of hydrogen-bond acceptors (Lipinski definition) is 4. The Morgan fingerprint density at radius 3 is 2.05 bits per heavy atom. The molecule has 2 atom stereocenters. The van der Waals surface area contributed by atoms with E-state index in [1.807, 2.05) is 66.9 Å². The summed E-state index contributed by atoms with van der Waals surface area (Å²) in [5.41, 5.74) is 4.34. The molecule has 0 unspecified atom stereocenters. The molecular formula is C33H33FN2O5. The smallest absolute Gasteiger partial charge is 0.305 e. The maximum Gasteiger partial charge on any atom is 0.305 e. The molecule has 0 saturated heterocycles. The molecule has 1 heterocycles. The number of rotatable bonds is 11. The molecule has 0 aliphatic rings. The summed E-state index contributed by atoms with van der Waals surface area (Å²) in [5.74, 6) is -1.91. The zero-order chi connectivity index (χ0) is 29.5. The van der Waals surface area contributed by atoms with Gasteiger partial charge in [0, 0.05) is 35.0 Å². The molecule has 4 aromatic rings. The largest absolute Gasteiger partial charge is 0.481 e. The third kappa shape index (κ3) is 7.16. The zero-order valence-corrected chi connectivity index (χ0v) is 22.9. The number of carboxylic acid groups (broad SMARTS) is 1. The third-order valence-corrected chi connectivity index (χ3v) is 6.60. The molecular weight excluding hydrogens is 523 g/mol. The average molecular weight is 557 g/mol. The second-order valence-corrected chi connectivity index (χ2v) is 10.1. The number of para-hydroxylation sites is 1. The SMILES string of the molecule is CC(C)n1c(/C=C/[C@H](O)C[C@@H](O)CC(=O)O)c(-c2ccc(F)cc2)c(-c2ccccc2)c1C(=O)Nc1ccccc1. The molecule has 7 nitrogen and oxygen atoms in total. The molecule has 0 fully saturated rings. The van der Waals surface area contributed by atoms with Gasteiger partial charge in [0.25, 0.3) is 5.91 Å². The maximum atomic E-state index is 14.0. The molecule has 8 heteroatoms. The van der Waals surface area contributed by atoms with Gasteiger partial charge in [0.15, 0.2) is 0 Å². The highest BCUT2D eigenvalue weighted by Gasteiger charge is 2.29. The summed E-state index contributed by atoms with van der Waals surface area (Å²) in [5, 5.41) is 32.6. The molecule has 3 aromatic carbocycles. The first kappa shape index (κ1) is 29.5. The number of nitrogens with one attached hydrogen (secondary N) is 1. The number of carboxylic acids is 1. The quantitative estimate of drug-likeness (QED) is 0.171. The molecule has 4 N–H and O–H groups in total. The molecule has 0 aliphatic carbocycles. The van der Waals surface area contributed by atoms with Gasteiger partial charge in [-0.1, -0.05) is 66.7 Å². The summed E-state index contributed by atoms with van der Waals surface area (Å²) in [6, 6.07) is 24.3. The number of hydrogen-bond donors (Lipinski definition) is 4. The molecule has 0 saturated carbocycles. The van der Waals surface area contributed by atoms with E-state index in [-0.39, 0.29) is 18.4 Å². The number of aliphatic hydroxyl groups is 2. The summed E-state index contributed by atoms with van der Waals surface area (Å²) in [6.45, 7) is 3.87. The topological polar surface area (TPSA) is 112 Å². The lowest BCUT2D eigenvalue weighted by Crippen LogP contribution is -2.20. The number of amides is 1. The van der Waals surface area contributed by atoms with Gasteiger partial charge in [-0.25, -0.2) is 4.39 Å². The fourth-order valence-corrected chi connectivity index (χ4v) is 4.88. The number of benzene rings is 3. The van der Waals surface area contributed by atoms with E-state index in [1.54, 1.807) is 30.3 Å². The Balaban J connectivity index is 1.96. The van der Waals surface area contributed by atoms with Crippen molar-refractivity contribution in [2.75, 3.05) is 5.32 Å². The monoisotopic (exact) mass is 556 g/mol. The van der Waals surface area contributed by atoms with Gasteiger partial charge < -0.3 is 25.2 Å². The minimum absolute atomic E-state index is 0.177. The Kier molecular flexibility index (Phi) is 9.49. The number of aliphatic hydroxyl groups excluding tert-OH is 2. The molecule has 0 bridgehead atoms. The molecule has 0 spiro atoms. The van der Waals surface area contributed by atoms with Crippen LogP contribution in [-0.4, -0.2) is 44.0 Å². The van der Waals surface area contributed by atoms with Crippen LogP contribution >= 0.6 is 0 Å². The lowest BCUT2D eigenvalue weighted by molar-refractivity contribution is -0.139. The minimum atomic E-state index is -1.23. The number of carbonyl (C=O) groups is 2. The van der Waals surface area contributed by atoms with E-state index < -0.39 is 30.4 Å². The number of anilines is 1. The fraction of sp³-hybridized carbons (Fsp3) is 0.212. The molecule has 0 aliphatic heterocycles. The van der Waals surface area contributed by atoms with Crippen molar-refractivity contribution in [3.8, 4) is 22.3 Å². The highest BCUT2D eigenvalue weighted by molar-refractivity contribution is 6.11. The van der Waals surface area contributed by atoms with E-state index in [9.17, 15) is 24.2 Å². The van der Waals surface area contributed by atoms with E-state index in [0.717, 1.165) is 5.56 Å². The second-order valence-electron chi connectivity index (χ2n) is 10.1. The second kappa shape index (κ2) is 13.2. The molecule has 1 amide bonds. The van der Waals surface area contributed by atoms with Gasteiger partial charge in [-0.2, -0.15) is 0 Å². The van der Waals surface area contributed by atoms with Gasteiger partial charge in [0.1, 0.15) is 11.5 Å². The third-order valence-electron chi connectivity index (χ3n) is 6.60. The number of aromatic nitrogens is 1. The van der Waals surface area contributed by atoms with Crippen molar-refractivity contribution in [1.82, 2.24) is 4.57 Å². The Labute approximate surface area is 238 Å². The van der Waals surface area contributed by atoms with Crippen molar-refractivity contribution in [1.29, 1.82) is 0 Å². The first-order chi connectivity index (χ1) is 19.7. The van der Waals surface area contributed by atoms with Crippen LogP contribution in [-0.2, 0) is 4.79 Å². The Bertz CT molecular complexity index is 1510. The van der Waals surface area contributed by atoms with Crippen molar-refractivity contribution in [2.45, 2.75) is 44.9 Å². The van der Waals surface area contributed by atoms with Gasteiger partial charge in [-0.3, -0.25) is 9.59 Å². The average Bonchev–Trinajstić information content (AvgIpc) is 3.28. The summed E-state index contributed by atoms with van der Waals surface area (Å²) >= 11 is 0. The molecule has 212 valence electrons. The summed E-state index contributed by atoms with van der Waals surface area (Å²) in [6.07, 6.45) is 0.0955. The van der Waals surface area contributed by atoms with Gasteiger partial charge in [-0.05, 0) is 55.3 Å². The summed E-state index contributed by atoms with van der Waals surface area (Å²) < 4.78 is 15.9. The standard InChI is InChI=1S/C33H33FN2O5/c1-21(2)36-28(18-17-26(37)19-27(38)20-29(39)40)30(23-13-15-24(34)16-14-23)31(22-9-5-3-6-10-22)32(36)33(41)35-25-11-7-4-8-12-25/h3-18,21,26-27,37-38H,19-20H2,1-2H3,(H,35,41)(H,39,40)/b18-17+/t26-,27+/m0/s1. The highest BCUT2D eigenvalue weighted by Crippen LogP contribution is 2.42. The number of carbonyl (C=O) groups excluding carboxylic acids is 1. The first-order valence-electron chi connectivity index (χ1n) is 13.4. The van der Waals surface area contributed by atoms with Crippen LogP contribution in [0.2, 0.25) is 0 Å². The fourth-order valence-electron chi connectivity index (χ4n) is 4.88. The molecule has 4 rings (SSSR count). The van der Waals surface area contributed by atoms with Gasteiger partial charge in [0.2, 0.25) is 0 Å². The Morgan fingerprint density at radius 2 is 1.46 bits per heavy atom. The van der Waals surface area contributed by atoms with E-state index in [0.29, 0.717) is 33.8 Å². The Hall–Kier alpha value is -4.53. The van der Waals surface area contributed by atoms with Crippen molar-refractivity contribution < 1.29 is 29.3 Å². The minimum Gasteiger partial charge on any atom is -0.481 e. The molecule has 0 radical (unpaired) electrons. The van der Waals surface area contributed by atoms with Crippen LogP contribution in [0.25, 0.3) is 28.3 Å². The lowest BCUT2D eigenvalue weighted by atomic mass is 9.94. The van der Waals surface area contributed by atoms with Crippen LogP contribution in [0.1, 0.15) is 48.9 Å². The normalized spacial score (nSPS) is 12.9. The van der Waals surface area contributed by atoms with E-state index in [4.69, 9.17) is 5.11 Å². The number of nitrogens with zero attached hydrogens (tertiary/aromatic N) is 1. The first-order valence-corrected chi connectivity index (χ1v) is 13.4. The van der Waals surface area contributed by atoms with Crippen LogP contribution in [0.3, 0.4) is 0 Å². The van der Waals surface area contributed by atoms with E-state index in [2.05, 4.69) is 5.32 Å². The predicted octanol–water partition coefficient (Wildman–Crippen LogP) is 6.39. The van der Waals surface area contributed by atoms with Crippen LogP contribution in [0.5, 0.6) is 0 Å². The molecule has 1 aromatic heterocycles. The molecule has 41 heavy (non-hydrogen) atoms. The summed E-state index contributed by atoms with van der Waals surface area (Å²) in [7, 11) is 0. The highest BCUT2D eigenvalue weighted by atomic mass is 19.1. The van der Waals surface area contributed by atoms with Gasteiger partial charge in [0.05, 0.1) is 18.6 Å². The van der Waals surface area contributed by atoms with Gasteiger partial charge in [-0.15, -0.1) is 0 Å².